The Morgan fingerprint density at radius 3 is 2.69 bits per heavy atom. The monoisotopic (exact) mass is 450 g/mol. The third kappa shape index (κ3) is 4.45. The van der Waals surface area contributed by atoms with Crippen molar-refractivity contribution in [1.29, 1.82) is 0 Å². The molecule has 4 rings (SSSR count). The number of ether oxygens (including phenoxy) is 1. The molecular weight excluding hydrogens is 428 g/mol. The lowest BCUT2D eigenvalue weighted by atomic mass is 10.2. The van der Waals surface area contributed by atoms with Crippen LogP contribution in [-0.2, 0) is 11.3 Å². The van der Waals surface area contributed by atoms with Crippen LogP contribution in [0.5, 0.6) is 5.75 Å². The minimum Gasteiger partial charge on any atom is -0.492 e. The van der Waals surface area contributed by atoms with Crippen LogP contribution in [0.2, 0.25) is 0 Å². The number of amides is 1. The summed E-state index contributed by atoms with van der Waals surface area (Å²) in [5, 5.41) is 11.9. The van der Waals surface area contributed by atoms with E-state index in [2.05, 4.69) is 20.6 Å². The molecule has 0 fully saturated rings. The standard InChI is InChI=1S/C22H22N6O3S/c1-3-30-16-12-8-7-11-15(16)24-17(29)13-28-19(23)18(22(26-28)32-2)21-25-20(27-31-21)14-9-5-4-6-10-14/h4-12H,3,13,23H2,1-2H3,(H,24,29). The summed E-state index contributed by atoms with van der Waals surface area (Å²) in [6.45, 7) is 2.30. The molecule has 0 aliphatic rings. The summed E-state index contributed by atoms with van der Waals surface area (Å²) in [5.41, 5.74) is 8.25. The van der Waals surface area contributed by atoms with Crippen molar-refractivity contribution in [3.05, 3.63) is 54.6 Å². The third-order valence-electron chi connectivity index (χ3n) is 4.58. The van der Waals surface area contributed by atoms with Gasteiger partial charge in [-0.15, -0.1) is 11.8 Å². The van der Waals surface area contributed by atoms with Crippen LogP contribution in [0.25, 0.3) is 22.8 Å². The van der Waals surface area contributed by atoms with Gasteiger partial charge in [-0.3, -0.25) is 4.79 Å². The molecular formula is C22H22N6O3S. The molecule has 164 valence electrons. The van der Waals surface area contributed by atoms with Gasteiger partial charge in [0.15, 0.2) is 0 Å². The van der Waals surface area contributed by atoms with Crippen LogP contribution in [0.15, 0.2) is 64.1 Å². The topological polar surface area (TPSA) is 121 Å². The van der Waals surface area contributed by atoms with Crippen LogP contribution in [0.1, 0.15) is 6.92 Å². The largest absolute Gasteiger partial charge is 0.492 e. The normalized spacial score (nSPS) is 10.8. The zero-order valence-corrected chi connectivity index (χ0v) is 18.4. The van der Waals surface area contributed by atoms with Gasteiger partial charge in [0.1, 0.15) is 28.7 Å². The molecule has 0 bridgehead atoms. The van der Waals surface area contributed by atoms with Crippen LogP contribution in [0, 0.1) is 0 Å². The average Bonchev–Trinajstić information content (AvgIpc) is 3.40. The first-order chi connectivity index (χ1) is 15.6. The van der Waals surface area contributed by atoms with Crippen molar-refractivity contribution in [1.82, 2.24) is 19.9 Å². The number of rotatable bonds is 8. The van der Waals surface area contributed by atoms with Gasteiger partial charge < -0.3 is 20.3 Å². The lowest BCUT2D eigenvalue weighted by molar-refractivity contribution is -0.116. The Hall–Kier alpha value is -3.79. The maximum atomic E-state index is 12.7. The lowest BCUT2D eigenvalue weighted by Crippen LogP contribution is -2.21. The quantitative estimate of drug-likeness (QED) is 0.387. The molecule has 0 saturated carbocycles. The fourth-order valence-corrected chi connectivity index (χ4v) is 3.70. The third-order valence-corrected chi connectivity index (χ3v) is 5.25. The molecule has 9 nitrogen and oxygen atoms in total. The van der Waals surface area contributed by atoms with E-state index in [-0.39, 0.29) is 24.2 Å². The van der Waals surface area contributed by atoms with E-state index in [0.29, 0.717) is 34.5 Å². The predicted molar refractivity (Wildman–Crippen MR) is 123 cm³/mol. The number of benzene rings is 2. The number of para-hydroxylation sites is 2. The Balaban J connectivity index is 1.57. The first-order valence-electron chi connectivity index (χ1n) is 9.92. The summed E-state index contributed by atoms with van der Waals surface area (Å²) in [5.74, 6) is 1.28. The van der Waals surface area contributed by atoms with Crippen molar-refractivity contribution in [3.8, 4) is 28.6 Å². The number of hydrogen-bond donors (Lipinski definition) is 2. The van der Waals surface area contributed by atoms with Crippen LogP contribution < -0.4 is 15.8 Å². The van der Waals surface area contributed by atoms with E-state index < -0.39 is 0 Å². The highest BCUT2D eigenvalue weighted by atomic mass is 32.2. The number of nitrogen functional groups attached to an aromatic ring is 1. The van der Waals surface area contributed by atoms with Gasteiger partial charge in [0.05, 0.1) is 12.3 Å². The molecule has 3 N–H and O–H groups in total. The Bertz CT molecular complexity index is 1220. The number of nitrogens with one attached hydrogen (secondary N) is 1. The molecule has 0 saturated heterocycles. The minimum atomic E-state index is -0.291. The second kappa shape index (κ2) is 9.56. The molecule has 2 aromatic carbocycles. The fourth-order valence-electron chi connectivity index (χ4n) is 3.12. The second-order valence-corrected chi connectivity index (χ2v) is 7.49. The zero-order chi connectivity index (χ0) is 22.5. The number of carbonyl (C=O) groups is 1. The van der Waals surface area contributed by atoms with Crippen molar-refractivity contribution < 1.29 is 14.1 Å². The molecule has 32 heavy (non-hydrogen) atoms. The molecule has 0 spiro atoms. The van der Waals surface area contributed by atoms with Crippen LogP contribution in [0.4, 0.5) is 11.5 Å². The van der Waals surface area contributed by atoms with E-state index >= 15 is 0 Å². The Kier molecular flexibility index (Phi) is 6.41. The number of hydrogen-bond acceptors (Lipinski definition) is 8. The van der Waals surface area contributed by atoms with E-state index in [0.717, 1.165) is 5.56 Å². The maximum absolute atomic E-state index is 12.7. The summed E-state index contributed by atoms with van der Waals surface area (Å²) >= 11 is 1.38. The summed E-state index contributed by atoms with van der Waals surface area (Å²) < 4.78 is 12.4. The van der Waals surface area contributed by atoms with Gasteiger partial charge in [0, 0.05) is 5.56 Å². The van der Waals surface area contributed by atoms with E-state index in [1.807, 2.05) is 55.6 Å². The number of thioether (sulfide) groups is 1. The Labute approximate surface area is 189 Å². The summed E-state index contributed by atoms with van der Waals surface area (Å²) in [7, 11) is 0. The smallest absolute Gasteiger partial charge is 0.264 e. The molecule has 0 atom stereocenters. The summed E-state index contributed by atoms with van der Waals surface area (Å²) in [6, 6.07) is 16.7. The highest BCUT2D eigenvalue weighted by Crippen LogP contribution is 2.35. The fraction of sp³-hybridized carbons (Fsp3) is 0.182. The van der Waals surface area contributed by atoms with Crippen LogP contribution in [-0.4, -0.2) is 38.7 Å². The summed E-state index contributed by atoms with van der Waals surface area (Å²) in [6.07, 6.45) is 1.86. The predicted octanol–water partition coefficient (Wildman–Crippen LogP) is 3.94. The van der Waals surface area contributed by atoms with Gasteiger partial charge in [-0.05, 0) is 25.3 Å². The molecule has 2 aromatic heterocycles. The zero-order valence-electron chi connectivity index (χ0n) is 17.6. The highest BCUT2D eigenvalue weighted by Gasteiger charge is 2.24. The molecule has 10 heteroatoms. The Morgan fingerprint density at radius 2 is 1.94 bits per heavy atom. The molecule has 0 radical (unpaired) electrons. The number of carbonyl (C=O) groups excluding carboxylic acids is 1. The van der Waals surface area contributed by atoms with Gasteiger partial charge in [-0.2, -0.15) is 10.1 Å². The van der Waals surface area contributed by atoms with Gasteiger partial charge in [0.2, 0.25) is 11.7 Å². The van der Waals surface area contributed by atoms with E-state index in [9.17, 15) is 4.79 Å². The average molecular weight is 451 g/mol. The number of nitrogens with zero attached hydrogens (tertiary/aromatic N) is 4. The number of anilines is 2. The van der Waals surface area contributed by atoms with Crippen molar-refractivity contribution in [2.24, 2.45) is 0 Å². The Morgan fingerprint density at radius 1 is 1.19 bits per heavy atom. The second-order valence-electron chi connectivity index (χ2n) is 6.69. The molecule has 4 aromatic rings. The van der Waals surface area contributed by atoms with E-state index in [4.69, 9.17) is 15.0 Å². The SMILES string of the molecule is CCOc1ccccc1NC(=O)Cn1nc(SC)c(-c2nc(-c3ccccc3)no2)c1N. The van der Waals surface area contributed by atoms with Crippen molar-refractivity contribution in [2.45, 2.75) is 18.5 Å². The van der Waals surface area contributed by atoms with Gasteiger partial charge >= 0.3 is 0 Å². The van der Waals surface area contributed by atoms with Gasteiger partial charge in [0.25, 0.3) is 5.89 Å². The van der Waals surface area contributed by atoms with Crippen molar-refractivity contribution in [2.75, 3.05) is 23.9 Å². The number of nitrogens with two attached hydrogens (primary N) is 1. The number of aromatic nitrogens is 4. The van der Waals surface area contributed by atoms with E-state index in [1.54, 1.807) is 12.1 Å². The van der Waals surface area contributed by atoms with Crippen LogP contribution in [0.3, 0.4) is 0 Å². The van der Waals surface area contributed by atoms with E-state index in [1.165, 1.54) is 16.4 Å². The molecule has 0 aliphatic carbocycles. The molecule has 0 aliphatic heterocycles. The minimum absolute atomic E-state index is 0.0838. The molecule has 2 heterocycles. The van der Waals surface area contributed by atoms with Crippen LogP contribution >= 0.6 is 11.8 Å². The van der Waals surface area contributed by atoms with Gasteiger partial charge in [-0.1, -0.05) is 47.6 Å². The molecule has 1 amide bonds. The first kappa shape index (κ1) is 21.4. The summed E-state index contributed by atoms with van der Waals surface area (Å²) in [4.78, 5) is 17.2. The lowest BCUT2D eigenvalue weighted by Gasteiger charge is -2.11. The van der Waals surface area contributed by atoms with Gasteiger partial charge in [-0.25, -0.2) is 4.68 Å². The van der Waals surface area contributed by atoms with Crippen molar-refractivity contribution in [3.63, 3.8) is 0 Å². The first-order valence-corrected chi connectivity index (χ1v) is 11.1. The maximum Gasteiger partial charge on any atom is 0.264 e. The molecule has 0 unspecified atom stereocenters. The highest BCUT2D eigenvalue weighted by molar-refractivity contribution is 7.98. The van der Waals surface area contributed by atoms with Crippen molar-refractivity contribution >= 4 is 29.2 Å².